The molecular weight excluding hydrogens is 244 g/mol. The van der Waals surface area contributed by atoms with Crippen molar-refractivity contribution in [1.29, 1.82) is 0 Å². The van der Waals surface area contributed by atoms with Gasteiger partial charge in [0.25, 0.3) is 0 Å². The Kier molecular flexibility index (Phi) is 4.89. The first-order valence-electron chi connectivity index (χ1n) is 5.03. The maximum Gasteiger partial charge on any atom is 0.413 e. The van der Waals surface area contributed by atoms with Crippen LogP contribution >= 0.6 is 11.3 Å². The summed E-state index contributed by atoms with van der Waals surface area (Å²) in [6.07, 6.45) is -0.393. The average molecular weight is 258 g/mol. The van der Waals surface area contributed by atoms with Gasteiger partial charge in [0.05, 0.1) is 25.8 Å². The van der Waals surface area contributed by atoms with Gasteiger partial charge in [-0.05, 0) is 13.8 Å². The topological polar surface area (TPSA) is 77.5 Å². The maximum atomic E-state index is 11.2. The van der Waals surface area contributed by atoms with Gasteiger partial charge < -0.3 is 9.47 Å². The number of carbonyl (C=O) groups is 2. The number of aryl methyl sites for hydroxylation is 1. The van der Waals surface area contributed by atoms with Crippen molar-refractivity contribution in [2.24, 2.45) is 0 Å². The van der Waals surface area contributed by atoms with Crippen LogP contribution in [0.25, 0.3) is 0 Å². The highest BCUT2D eigenvalue weighted by Crippen LogP contribution is 2.23. The molecule has 0 fully saturated rings. The number of carbonyl (C=O) groups excluding carboxylic acids is 2. The van der Waals surface area contributed by atoms with E-state index in [1.165, 1.54) is 18.4 Å². The van der Waals surface area contributed by atoms with Gasteiger partial charge in [-0.25, -0.2) is 9.78 Å². The molecule has 0 radical (unpaired) electrons. The number of hydrogen-bond acceptors (Lipinski definition) is 6. The van der Waals surface area contributed by atoms with Gasteiger partial charge in [0.2, 0.25) is 0 Å². The predicted molar refractivity (Wildman–Crippen MR) is 63.2 cm³/mol. The summed E-state index contributed by atoms with van der Waals surface area (Å²) in [6.45, 7) is 3.78. The second-order valence-electron chi connectivity index (χ2n) is 3.13. The number of amides is 1. The van der Waals surface area contributed by atoms with Gasteiger partial charge in [0.15, 0.2) is 5.13 Å². The average Bonchev–Trinajstić information content (AvgIpc) is 2.59. The van der Waals surface area contributed by atoms with Crippen LogP contribution in [0.15, 0.2) is 0 Å². The summed E-state index contributed by atoms with van der Waals surface area (Å²) in [7, 11) is 1.33. The number of esters is 1. The van der Waals surface area contributed by atoms with Crippen LogP contribution < -0.4 is 5.32 Å². The SMILES string of the molecule is CCOC(=O)Nc1nc(C)c(CC(=O)OC)s1. The Bertz CT molecular complexity index is 416. The van der Waals surface area contributed by atoms with Crippen molar-refractivity contribution < 1.29 is 19.1 Å². The number of anilines is 1. The summed E-state index contributed by atoms with van der Waals surface area (Å²) in [5.74, 6) is -0.334. The Morgan fingerprint density at radius 1 is 1.47 bits per heavy atom. The van der Waals surface area contributed by atoms with Crippen LogP contribution in [0.2, 0.25) is 0 Å². The highest BCUT2D eigenvalue weighted by atomic mass is 32.1. The van der Waals surface area contributed by atoms with Gasteiger partial charge in [-0.1, -0.05) is 0 Å². The van der Waals surface area contributed by atoms with E-state index in [1.807, 2.05) is 0 Å². The lowest BCUT2D eigenvalue weighted by molar-refractivity contribution is -0.139. The molecule has 0 saturated heterocycles. The molecule has 0 aliphatic heterocycles. The molecule has 1 aromatic heterocycles. The van der Waals surface area contributed by atoms with Crippen molar-refractivity contribution in [2.75, 3.05) is 19.0 Å². The zero-order chi connectivity index (χ0) is 12.8. The molecule has 0 unspecified atom stereocenters. The van der Waals surface area contributed by atoms with Gasteiger partial charge in [0.1, 0.15) is 0 Å². The van der Waals surface area contributed by atoms with E-state index < -0.39 is 6.09 Å². The van der Waals surface area contributed by atoms with Crippen LogP contribution in [0.5, 0.6) is 0 Å². The number of hydrogen-bond donors (Lipinski definition) is 1. The fourth-order valence-electron chi connectivity index (χ4n) is 1.10. The van der Waals surface area contributed by atoms with Crippen molar-refractivity contribution in [3.63, 3.8) is 0 Å². The summed E-state index contributed by atoms with van der Waals surface area (Å²) >= 11 is 1.23. The number of aromatic nitrogens is 1. The summed E-state index contributed by atoms with van der Waals surface area (Å²) < 4.78 is 9.29. The minimum atomic E-state index is -0.550. The molecule has 1 N–H and O–H groups in total. The molecular formula is C10H14N2O4S. The van der Waals surface area contributed by atoms with Crippen LogP contribution in [0.3, 0.4) is 0 Å². The second kappa shape index (κ2) is 6.19. The smallest absolute Gasteiger partial charge is 0.413 e. The van der Waals surface area contributed by atoms with Crippen molar-refractivity contribution in [2.45, 2.75) is 20.3 Å². The van der Waals surface area contributed by atoms with E-state index in [2.05, 4.69) is 15.0 Å². The lowest BCUT2D eigenvalue weighted by Gasteiger charge is -2.00. The van der Waals surface area contributed by atoms with E-state index in [0.717, 1.165) is 4.88 Å². The summed E-state index contributed by atoms with van der Waals surface area (Å²) in [6, 6.07) is 0. The standard InChI is InChI=1S/C10H14N2O4S/c1-4-16-10(14)12-9-11-6(2)7(17-9)5-8(13)15-3/h4-5H2,1-3H3,(H,11,12,14). The molecule has 1 rings (SSSR count). The first-order chi connectivity index (χ1) is 8.06. The quantitative estimate of drug-likeness (QED) is 0.832. The van der Waals surface area contributed by atoms with Crippen LogP contribution in [-0.2, 0) is 20.7 Å². The molecule has 0 saturated carbocycles. The van der Waals surface area contributed by atoms with Crippen LogP contribution in [-0.4, -0.2) is 30.8 Å². The highest BCUT2D eigenvalue weighted by molar-refractivity contribution is 7.16. The zero-order valence-corrected chi connectivity index (χ0v) is 10.7. The van der Waals surface area contributed by atoms with Crippen molar-refractivity contribution in [3.05, 3.63) is 10.6 Å². The largest absolute Gasteiger partial charge is 0.469 e. The Morgan fingerprint density at radius 3 is 2.76 bits per heavy atom. The van der Waals surface area contributed by atoms with Crippen molar-refractivity contribution >= 4 is 28.5 Å². The molecule has 0 aliphatic carbocycles. The number of ether oxygens (including phenoxy) is 2. The molecule has 0 aliphatic rings. The fraction of sp³-hybridized carbons (Fsp3) is 0.500. The summed E-state index contributed by atoms with van der Waals surface area (Å²) in [4.78, 5) is 27.2. The third-order valence-electron chi connectivity index (χ3n) is 1.91. The Hall–Kier alpha value is -1.63. The summed E-state index contributed by atoms with van der Waals surface area (Å²) in [5.41, 5.74) is 0.701. The van der Waals surface area contributed by atoms with E-state index in [1.54, 1.807) is 13.8 Å². The predicted octanol–water partition coefficient (Wildman–Crippen LogP) is 1.74. The molecule has 0 atom stereocenters. The van der Waals surface area contributed by atoms with E-state index in [-0.39, 0.29) is 12.4 Å². The van der Waals surface area contributed by atoms with E-state index in [0.29, 0.717) is 17.4 Å². The highest BCUT2D eigenvalue weighted by Gasteiger charge is 2.13. The Morgan fingerprint density at radius 2 is 2.18 bits per heavy atom. The zero-order valence-electron chi connectivity index (χ0n) is 9.90. The Labute approximate surface area is 103 Å². The molecule has 0 aromatic carbocycles. The molecule has 17 heavy (non-hydrogen) atoms. The molecule has 0 bridgehead atoms. The van der Waals surface area contributed by atoms with E-state index >= 15 is 0 Å². The van der Waals surface area contributed by atoms with Crippen LogP contribution in [0.1, 0.15) is 17.5 Å². The van der Waals surface area contributed by atoms with Gasteiger partial charge in [-0.15, -0.1) is 11.3 Å². The first-order valence-corrected chi connectivity index (χ1v) is 5.85. The number of nitrogens with zero attached hydrogens (tertiary/aromatic N) is 1. The van der Waals surface area contributed by atoms with Crippen molar-refractivity contribution in [3.8, 4) is 0 Å². The molecule has 6 nitrogen and oxygen atoms in total. The van der Waals surface area contributed by atoms with Gasteiger partial charge in [0, 0.05) is 4.88 Å². The number of methoxy groups -OCH3 is 1. The molecule has 1 heterocycles. The van der Waals surface area contributed by atoms with Crippen LogP contribution in [0, 0.1) is 6.92 Å². The molecule has 7 heteroatoms. The molecule has 0 spiro atoms. The Balaban J connectivity index is 2.67. The fourth-order valence-corrected chi connectivity index (χ4v) is 2.04. The first kappa shape index (κ1) is 13.4. The number of thiazole rings is 1. The normalized spacial score (nSPS) is 9.82. The van der Waals surface area contributed by atoms with Gasteiger partial charge >= 0.3 is 12.1 Å². The third-order valence-corrected chi connectivity index (χ3v) is 2.98. The lowest BCUT2D eigenvalue weighted by Crippen LogP contribution is -2.12. The number of nitrogens with one attached hydrogen (secondary N) is 1. The minimum absolute atomic E-state index is 0.157. The third kappa shape index (κ3) is 4.03. The van der Waals surface area contributed by atoms with Gasteiger partial charge in [-0.2, -0.15) is 0 Å². The maximum absolute atomic E-state index is 11.2. The molecule has 1 amide bonds. The van der Waals surface area contributed by atoms with E-state index in [4.69, 9.17) is 4.74 Å². The lowest BCUT2D eigenvalue weighted by atomic mass is 10.3. The monoisotopic (exact) mass is 258 g/mol. The minimum Gasteiger partial charge on any atom is -0.469 e. The molecule has 94 valence electrons. The summed E-state index contributed by atoms with van der Waals surface area (Å²) in [5, 5.41) is 2.91. The van der Waals surface area contributed by atoms with Crippen molar-refractivity contribution in [1.82, 2.24) is 4.98 Å². The second-order valence-corrected chi connectivity index (χ2v) is 4.21. The number of rotatable bonds is 4. The molecule has 1 aromatic rings. The van der Waals surface area contributed by atoms with Gasteiger partial charge in [-0.3, -0.25) is 10.1 Å². The van der Waals surface area contributed by atoms with Crippen LogP contribution in [0.4, 0.5) is 9.93 Å². The van der Waals surface area contributed by atoms with E-state index in [9.17, 15) is 9.59 Å².